The lowest BCUT2D eigenvalue weighted by atomic mass is 9.95. The number of carbonyl (C=O) groups is 2. The molecule has 1 fully saturated rings. The summed E-state index contributed by atoms with van der Waals surface area (Å²) in [6, 6.07) is 13.3. The Morgan fingerprint density at radius 1 is 1.18 bits per heavy atom. The number of hydrogen-bond acceptors (Lipinski definition) is 5. The van der Waals surface area contributed by atoms with E-state index in [2.05, 4.69) is 0 Å². The number of amides is 2. The molecule has 1 saturated heterocycles. The molecule has 2 aromatic rings. The van der Waals surface area contributed by atoms with Gasteiger partial charge in [0.1, 0.15) is 18.5 Å². The number of fused-ring (bicyclic) bond motifs is 2. The van der Waals surface area contributed by atoms with E-state index >= 15 is 0 Å². The second-order valence-electron chi connectivity index (χ2n) is 7.56. The Morgan fingerprint density at radius 3 is 2.64 bits per heavy atom. The maximum absolute atomic E-state index is 13.0. The fourth-order valence-corrected chi connectivity index (χ4v) is 4.08. The first-order valence-electron chi connectivity index (χ1n) is 9.41. The fourth-order valence-electron chi connectivity index (χ4n) is 4.08. The molecule has 0 bridgehead atoms. The van der Waals surface area contributed by atoms with Gasteiger partial charge in [-0.3, -0.25) is 4.79 Å². The fraction of sp³-hybridized carbons (Fsp3) is 0.364. The molecular weight excluding hydrogens is 358 g/mol. The monoisotopic (exact) mass is 381 g/mol. The van der Waals surface area contributed by atoms with Gasteiger partial charge in [0.25, 0.3) is 5.91 Å². The van der Waals surface area contributed by atoms with Crippen LogP contribution in [0.4, 0.5) is 4.79 Å². The van der Waals surface area contributed by atoms with Crippen LogP contribution in [0.25, 0.3) is 0 Å². The molecule has 2 aromatic carbocycles. The zero-order valence-electron chi connectivity index (χ0n) is 16.0. The first-order chi connectivity index (χ1) is 13.4. The molecule has 1 N–H and O–H groups in total. The summed E-state index contributed by atoms with van der Waals surface area (Å²) in [5.74, 6) is 0.237. The van der Waals surface area contributed by atoms with Gasteiger partial charge < -0.3 is 14.6 Å². The molecule has 2 aliphatic rings. The number of aryl methyl sites for hydroxylation is 3. The molecule has 0 aromatic heterocycles. The Bertz CT molecular complexity index is 920. The number of β-amino-alcohol motifs (C(OH)–C–C–N with tert-alkyl or cyclic N) is 1. The predicted molar refractivity (Wildman–Crippen MR) is 102 cm³/mol. The molecule has 28 heavy (non-hydrogen) atoms. The van der Waals surface area contributed by atoms with Crippen LogP contribution in [0.15, 0.2) is 42.5 Å². The standard InChI is InChI=1S/C22H23NO5/c1-14-9-15(2)11-18(10-14)27-13-17(24)12-23-20(25)22(28-21(23)26)8-7-16-5-3-4-6-19(16)22/h3-6,9-11,17,24H,7-8,12-13H2,1-2H3/t17-,22-/m1/s1. The Hall–Kier alpha value is -2.86. The van der Waals surface area contributed by atoms with Crippen molar-refractivity contribution in [1.82, 2.24) is 4.90 Å². The lowest BCUT2D eigenvalue weighted by Gasteiger charge is -2.21. The summed E-state index contributed by atoms with van der Waals surface area (Å²) in [7, 11) is 0. The van der Waals surface area contributed by atoms with Gasteiger partial charge in [-0.05, 0) is 49.1 Å². The van der Waals surface area contributed by atoms with Gasteiger partial charge in [-0.1, -0.05) is 30.3 Å². The minimum absolute atomic E-state index is 0.0243. The van der Waals surface area contributed by atoms with E-state index in [9.17, 15) is 14.7 Å². The van der Waals surface area contributed by atoms with Gasteiger partial charge >= 0.3 is 6.09 Å². The molecule has 2 atom stereocenters. The zero-order valence-corrected chi connectivity index (χ0v) is 16.0. The van der Waals surface area contributed by atoms with E-state index in [1.807, 2.05) is 56.3 Å². The third-order valence-electron chi connectivity index (χ3n) is 5.30. The van der Waals surface area contributed by atoms with E-state index in [4.69, 9.17) is 9.47 Å². The van der Waals surface area contributed by atoms with E-state index in [1.165, 1.54) is 0 Å². The second kappa shape index (κ2) is 6.95. The van der Waals surface area contributed by atoms with Crippen LogP contribution in [0.3, 0.4) is 0 Å². The zero-order chi connectivity index (χ0) is 19.9. The van der Waals surface area contributed by atoms with E-state index in [-0.39, 0.29) is 13.2 Å². The Labute approximate surface area is 163 Å². The molecule has 2 amide bonds. The molecule has 146 valence electrons. The lowest BCUT2D eigenvalue weighted by Crippen LogP contribution is -2.42. The number of aliphatic hydroxyl groups excluding tert-OH is 1. The second-order valence-corrected chi connectivity index (χ2v) is 7.56. The summed E-state index contributed by atoms with van der Waals surface area (Å²) in [6.45, 7) is 3.75. The molecule has 6 nitrogen and oxygen atoms in total. The molecule has 0 unspecified atom stereocenters. The van der Waals surface area contributed by atoms with Crippen LogP contribution in [0.2, 0.25) is 0 Å². The number of hydrogen-bond donors (Lipinski definition) is 1. The SMILES string of the molecule is Cc1cc(C)cc(OC[C@H](O)CN2C(=O)O[C@@]3(CCc4ccccc43)C2=O)c1. The molecule has 4 rings (SSSR count). The van der Waals surface area contributed by atoms with Gasteiger partial charge in [-0.2, -0.15) is 0 Å². The highest BCUT2D eigenvalue weighted by molar-refractivity contribution is 6.04. The van der Waals surface area contributed by atoms with Gasteiger partial charge in [-0.15, -0.1) is 0 Å². The Kier molecular flexibility index (Phi) is 4.59. The lowest BCUT2D eigenvalue weighted by molar-refractivity contribution is -0.138. The molecule has 1 aliphatic heterocycles. The summed E-state index contributed by atoms with van der Waals surface area (Å²) >= 11 is 0. The van der Waals surface area contributed by atoms with E-state index in [0.717, 1.165) is 27.2 Å². The summed E-state index contributed by atoms with van der Waals surface area (Å²) in [6.07, 6.45) is -0.611. The van der Waals surface area contributed by atoms with Crippen LogP contribution in [-0.2, 0) is 21.6 Å². The average molecular weight is 381 g/mol. The number of nitrogens with zero attached hydrogens (tertiary/aromatic N) is 1. The van der Waals surface area contributed by atoms with Crippen molar-refractivity contribution in [2.75, 3.05) is 13.2 Å². The smallest absolute Gasteiger partial charge is 0.418 e. The largest absolute Gasteiger partial charge is 0.491 e. The summed E-state index contributed by atoms with van der Waals surface area (Å²) in [5, 5.41) is 10.3. The maximum Gasteiger partial charge on any atom is 0.418 e. The van der Waals surface area contributed by atoms with Gasteiger partial charge in [0.2, 0.25) is 5.60 Å². The third kappa shape index (κ3) is 3.14. The normalized spacial score (nSPS) is 21.8. The van der Waals surface area contributed by atoms with Gasteiger partial charge in [0.15, 0.2) is 0 Å². The van der Waals surface area contributed by atoms with Crippen molar-refractivity contribution in [1.29, 1.82) is 0 Å². The van der Waals surface area contributed by atoms with Crippen molar-refractivity contribution in [2.24, 2.45) is 0 Å². The third-order valence-corrected chi connectivity index (χ3v) is 5.30. The van der Waals surface area contributed by atoms with Crippen molar-refractivity contribution in [3.63, 3.8) is 0 Å². The number of rotatable bonds is 5. The first kappa shape index (κ1) is 18.5. The van der Waals surface area contributed by atoms with Crippen molar-refractivity contribution in [3.05, 3.63) is 64.7 Å². The molecule has 1 spiro atoms. The highest BCUT2D eigenvalue weighted by atomic mass is 16.6. The summed E-state index contributed by atoms with van der Waals surface area (Å²) < 4.78 is 11.2. The number of imide groups is 1. The van der Waals surface area contributed by atoms with Gasteiger partial charge in [-0.25, -0.2) is 9.69 Å². The first-order valence-corrected chi connectivity index (χ1v) is 9.41. The number of aliphatic hydroxyl groups is 1. The minimum Gasteiger partial charge on any atom is -0.491 e. The molecule has 0 saturated carbocycles. The molecular formula is C22H23NO5. The van der Waals surface area contributed by atoms with Crippen molar-refractivity contribution in [2.45, 2.75) is 38.4 Å². The van der Waals surface area contributed by atoms with E-state index < -0.39 is 23.7 Å². The van der Waals surface area contributed by atoms with Crippen LogP contribution in [0, 0.1) is 13.8 Å². The average Bonchev–Trinajstić information content (AvgIpc) is 3.13. The van der Waals surface area contributed by atoms with Crippen molar-refractivity contribution in [3.8, 4) is 5.75 Å². The van der Waals surface area contributed by atoms with Crippen molar-refractivity contribution >= 4 is 12.0 Å². The van der Waals surface area contributed by atoms with Crippen LogP contribution in [-0.4, -0.2) is 41.3 Å². The van der Waals surface area contributed by atoms with E-state index in [0.29, 0.717) is 18.6 Å². The molecule has 6 heteroatoms. The van der Waals surface area contributed by atoms with E-state index in [1.54, 1.807) is 0 Å². The molecule has 1 aliphatic carbocycles. The van der Waals surface area contributed by atoms with Crippen LogP contribution in [0.1, 0.15) is 28.7 Å². The van der Waals surface area contributed by atoms with Crippen molar-refractivity contribution < 1.29 is 24.2 Å². The highest BCUT2D eigenvalue weighted by Crippen LogP contribution is 2.45. The molecule has 1 heterocycles. The van der Waals surface area contributed by atoms with Crippen LogP contribution >= 0.6 is 0 Å². The highest BCUT2D eigenvalue weighted by Gasteiger charge is 2.58. The van der Waals surface area contributed by atoms with Gasteiger partial charge in [0.05, 0.1) is 6.54 Å². The quantitative estimate of drug-likeness (QED) is 0.862. The predicted octanol–water partition coefficient (Wildman–Crippen LogP) is 2.86. The topological polar surface area (TPSA) is 76.1 Å². The van der Waals surface area contributed by atoms with Crippen LogP contribution in [0.5, 0.6) is 5.75 Å². The number of ether oxygens (including phenoxy) is 2. The molecule has 0 radical (unpaired) electrons. The minimum atomic E-state index is -1.25. The maximum atomic E-state index is 13.0. The summed E-state index contributed by atoms with van der Waals surface area (Å²) in [4.78, 5) is 26.4. The Balaban J connectivity index is 1.44. The number of carbonyl (C=O) groups excluding carboxylic acids is 2. The summed E-state index contributed by atoms with van der Waals surface area (Å²) in [5.41, 5.74) is 2.64. The Morgan fingerprint density at radius 2 is 1.89 bits per heavy atom. The number of benzene rings is 2. The van der Waals surface area contributed by atoms with Gasteiger partial charge in [0, 0.05) is 12.0 Å². The van der Waals surface area contributed by atoms with Crippen LogP contribution < -0.4 is 4.74 Å².